The first-order valence-corrected chi connectivity index (χ1v) is 10.6. The second-order valence-corrected chi connectivity index (χ2v) is 8.36. The quantitative estimate of drug-likeness (QED) is 0.404. The molecular weight excluding hydrogens is 414 g/mol. The summed E-state index contributed by atoms with van der Waals surface area (Å²) in [4.78, 5) is 0. The first-order chi connectivity index (χ1) is 13.2. The maximum absolute atomic E-state index is 8.96. The molecule has 0 aliphatic carbocycles. The molecule has 1 atom stereocenters. The minimum atomic E-state index is 0.283. The Morgan fingerprint density at radius 3 is 2.30 bits per heavy atom. The Balaban J connectivity index is 1.82. The number of rotatable bonds is 6. The zero-order chi connectivity index (χ0) is 19.1. The predicted octanol–water partition coefficient (Wildman–Crippen LogP) is 7.40. The number of benzene rings is 3. The molecule has 134 valence electrons. The van der Waals surface area contributed by atoms with Gasteiger partial charge in [-0.25, -0.2) is 0 Å². The Labute approximate surface area is 173 Å². The molecule has 0 radical (unpaired) electrons. The van der Waals surface area contributed by atoms with E-state index in [1.807, 2.05) is 36.0 Å². The first-order valence-electron chi connectivity index (χ1n) is 8.75. The van der Waals surface area contributed by atoms with Crippen LogP contribution in [-0.2, 0) is 5.75 Å². The summed E-state index contributed by atoms with van der Waals surface area (Å²) in [5.74, 6) is 0.900. The van der Waals surface area contributed by atoms with Crippen molar-refractivity contribution < 1.29 is 0 Å². The standard InChI is InChI=1S/C24H20BrNS/c1-18(15-19-11-13-23(25)14-12-19)24(22-5-3-2-4-6-22)27-17-21-9-7-20(16-26)8-10-21/h2-15,24H,17H2,1H3/b18-15+. The van der Waals surface area contributed by atoms with Gasteiger partial charge >= 0.3 is 0 Å². The van der Waals surface area contributed by atoms with Gasteiger partial charge in [0.05, 0.1) is 16.9 Å². The number of hydrogen-bond acceptors (Lipinski definition) is 2. The van der Waals surface area contributed by atoms with Gasteiger partial charge in [-0.3, -0.25) is 0 Å². The minimum absolute atomic E-state index is 0.283. The highest BCUT2D eigenvalue weighted by Gasteiger charge is 2.14. The van der Waals surface area contributed by atoms with Crippen molar-refractivity contribution in [1.82, 2.24) is 0 Å². The van der Waals surface area contributed by atoms with E-state index in [1.165, 1.54) is 22.3 Å². The van der Waals surface area contributed by atoms with E-state index in [4.69, 9.17) is 5.26 Å². The summed E-state index contributed by atoms with van der Waals surface area (Å²) in [6.45, 7) is 2.20. The Hall–Kier alpha value is -2.28. The van der Waals surface area contributed by atoms with Crippen LogP contribution in [0.25, 0.3) is 6.08 Å². The van der Waals surface area contributed by atoms with E-state index in [9.17, 15) is 0 Å². The van der Waals surface area contributed by atoms with E-state index >= 15 is 0 Å². The van der Waals surface area contributed by atoms with Crippen molar-refractivity contribution in [1.29, 1.82) is 5.26 Å². The molecule has 0 aliphatic rings. The van der Waals surface area contributed by atoms with Crippen LogP contribution in [-0.4, -0.2) is 0 Å². The Morgan fingerprint density at radius 1 is 1.00 bits per heavy atom. The lowest BCUT2D eigenvalue weighted by molar-refractivity contribution is 1.12. The normalized spacial score (nSPS) is 12.4. The average Bonchev–Trinajstić information content (AvgIpc) is 2.71. The van der Waals surface area contributed by atoms with Gasteiger partial charge in [0.25, 0.3) is 0 Å². The molecule has 0 bridgehead atoms. The van der Waals surface area contributed by atoms with E-state index in [0.29, 0.717) is 5.56 Å². The largest absolute Gasteiger partial charge is 0.192 e. The molecule has 3 heteroatoms. The molecule has 0 heterocycles. The molecule has 27 heavy (non-hydrogen) atoms. The molecule has 1 nitrogen and oxygen atoms in total. The van der Waals surface area contributed by atoms with Crippen LogP contribution in [0.3, 0.4) is 0 Å². The van der Waals surface area contributed by atoms with Gasteiger partial charge in [-0.15, -0.1) is 11.8 Å². The molecule has 0 saturated carbocycles. The lowest BCUT2D eigenvalue weighted by Gasteiger charge is -2.18. The van der Waals surface area contributed by atoms with Crippen molar-refractivity contribution in [2.24, 2.45) is 0 Å². The number of hydrogen-bond donors (Lipinski definition) is 0. The third-order valence-corrected chi connectivity index (χ3v) is 6.29. The van der Waals surface area contributed by atoms with Gasteiger partial charge in [0.2, 0.25) is 0 Å². The van der Waals surface area contributed by atoms with Gasteiger partial charge in [-0.2, -0.15) is 5.26 Å². The zero-order valence-electron chi connectivity index (χ0n) is 15.1. The van der Waals surface area contributed by atoms with Crippen LogP contribution in [0.1, 0.15) is 34.4 Å². The highest BCUT2D eigenvalue weighted by molar-refractivity contribution is 9.10. The average molecular weight is 434 g/mol. The zero-order valence-corrected chi connectivity index (χ0v) is 17.5. The van der Waals surface area contributed by atoms with Gasteiger partial charge in [0.15, 0.2) is 0 Å². The van der Waals surface area contributed by atoms with E-state index in [0.717, 1.165) is 10.2 Å². The third kappa shape index (κ3) is 5.60. The van der Waals surface area contributed by atoms with E-state index in [-0.39, 0.29) is 5.25 Å². The summed E-state index contributed by atoms with van der Waals surface area (Å²) in [5.41, 5.74) is 5.77. The van der Waals surface area contributed by atoms with Gasteiger partial charge < -0.3 is 0 Å². The molecule has 0 amide bonds. The van der Waals surface area contributed by atoms with Crippen LogP contribution in [0.5, 0.6) is 0 Å². The monoisotopic (exact) mass is 433 g/mol. The summed E-state index contributed by atoms with van der Waals surface area (Å²) in [6.07, 6.45) is 2.26. The first kappa shape index (κ1) is 19.5. The molecule has 0 N–H and O–H groups in total. The SMILES string of the molecule is C/C(=C\c1ccc(Br)cc1)C(SCc1ccc(C#N)cc1)c1ccccc1. The van der Waals surface area contributed by atoms with Crippen LogP contribution in [0, 0.1) is 11.3 Å². The highest BCUT2D eigenvalue weighted by Crippen LogP contribution is 2.38. The van der Waals surface area contributed by atoms with Crippen LogP contribution in [0.4, 0.5) is 0 Å². The van der Waals surface area contributed by atoms with Gasteiger partial charge in [0.1, 0.15) is 0 Å². The molecule has 0 fully saturated rings. The fourth-order valence-electron chi connectivity index (χ4n) is 2.87. The number of nitrogens with zero attached hydrogens (tertiary/aromatic N) is 1. The van der Waals surface area contributed by atoms with Gasteiger partial charge in [-0.05, 0) is 47.9 Å². The Kier molecular flexibility index (Phi) is 6.92. The van der Waals surface area contributed by atoms with Crippen molar-refractivity contribution in [2.45, 2.75) is 17.9 Å². The van der Waals surface area contributed by atoms with Gasteiger partial charge in [-0.1, -0.05) is 82.2 Å². The molecule has 3 aromatic carbocycles. The fourth-order valence-corrected chi connectivity index (χ4v) is 4.37. The fraction of sp³-hybridized carbons (Fsp3) is 0.125. The van der Waals surface area contributed by atoms with Gasteiger partial charge in [0, 0.05) is 10.2 Å². The third-order valence-electron chi connectivity index (χ3n) is 4.28. The van der Waals surface area contributed by atoms with Crippen molar-refractivity contribution in [2.75, 3.05) is 0 Å². The molecule has 0 aromatic heterocycles. The predicted molar refractivity (Wildman–Crippen MR) is 119 cm³/mol. The van der Waals surface area contributed by atoms with Crippen LogP contribution in [0.2, 0.25) is 0 Å². The Morgan fingerprint density at radius 2 is 1.67 bits per heavy atom. The van der Waals surface area contributed by atoms with Crippen molar-refractivity contribution in [3.8, 4) is 6.07 Å². The van der Waals surface area contributed by atoms with Crippen LogP contribution < -0.4 is 0 Å². The molecule has 1 unspecified atom stereocenters. The molecule has 3 rings (SSSR count). The van der Waals surface area contributed by atoms with Crippen molar-refractivity contribution >= 4 is 33.8 Å². The summed E-state index contributed by atoms with van der Waals surface area (Å²) in [5, 5.41) is 9.24. The lowest BCUT2D eigenvalue weighted by Crippen LogP contribution is -1.97. The van der Waals surface area contributed by atoms with E-state index < -0.39 is 0 Å². The van der Waals surface area contributed by atoms with Crippen LogP contribution >= 0.6 is 27.7 Å². The topological polar surface area (TPSA) is 23.8 Å². The maximum Gasteiger partial charge on any atom is 0.0991 e. The van der Waals surface area contributed by atoms with Crippen LogP contribution in [0.15, 0.2) is 88.9 Å². The van der Waals surface area contributed by atoms with E-state index in [2.05, 4.69) is 89.6 Å². The van der Waals surface area contributed by atoms with Crippen molar-refractivity contribution in [3.05, 3.63) is 111 Å². The second kappa shape index (κ2) is 9.60. The maximum atomic E-state index is 8.96. The minimum Gasteiger partial charge on any atom is -0.192 e. The molecule has 0 saturated heterocycles. The molecule has 0 aliphatic heterocycles. The lowest BCUT2D eigenvalue weighted by atomic mass is 10.0. The summed E-state index contributed by atoms with van der Waals surface area (Å²) >= 11 is 5.40. The molecular formula is C24H20BrNS. The smallest absolute Gasteiger partial charge is 0.0991 e. The summed E-state index contributed by atoms with van der Waals surface area (Å²) < 4.78 is 1.09. The summed E-state index contributed by atoms with van der Waals surface area (Å²) in [6, 6.07) is 29.1. The van der Waals surface area contributed by atoms with E-state index in [1.54, 1.807) is 0 Å². The molecule has 3 aromatic rings. The highest BCUT2D eigenvalue weighted by atomic mass is 79.9. The number of thioether (sulfide) groups is 1. The number of nitriles is 1. The summed E-state index contributed by atoms with van der Waals surface area (Å²) in [7, 11) is 0. The Bertz CT molecular complexity index is 938. The number of halogens is 1. The molecule has 0 spiro atoms. The second-order valence-electron chi connectivity index (χ2n) is 6.35. The van der Waals surface area contributed by atoms with Crippen molar-refractivity contribution in [3.63, 3.8) is 0 Å².